The van der Waals surface area contributed by atoms with Crippen LogP contribution in [0.4, 0.5) is 0 Å². The Morgan fingerprint density at radius 2 is 1.75 bits per heavy atom. The predicted octanol–water partition coefficient (Wildman–Crippen LogP) is 0.430. The molecule has 1 unspecified atom stereocenters. The van der Waals surface area contributed by atoms with Gasteiger partial charge in [0.2, 0.25) is 0 Å². The van der Waals surface area contributed by atoms with Crippen molar-refractivity contribution < 1.29 is 14.9 Å². The van der Waals surface area contributed by atoms with E-state index in [1.54, 1.807) is 0 Å². The summed E-state index contributed by atoms with van der Waals surface area (Å²) in [5.74, 6) is -1.09. The summed E-state index contributed by atoms with van der Waals surface area (Å²) in [6, 6.07) is 0. The quantitative estimate of drug-likeness (QED) is 0.471. The van der Waals surface area contributed by atoms with Crippen LogP contribution in [-0.4, -0.2) is 11.0 Å². The fraction of sp³-hybridized carbons (Fsp3) is 1.00. The SMILES string of the molecule is CCCCCCCC(O)[PH+]([O-])[O-]. The first-order valence-corrected chi connectivity index (χ1v) is 5.96. The molecule has 0 aromatic heterocycles. The minimum absolute atomic E-state index is 0.408. The van der Waals surface area contributed by atoms with Gasteiger partial charge in [-0.15, -0.1) is 0 Å². The van der Waals surface area contributed by atoms with Crippen molar-refractivity contribution in [2.75, 3.05) is 0 Å². The molecule has 0 radical (unpaired) electrons. The molecule has 0 aliphatic heterocycles. The van der Waals surface area contributed by atoms with Gasteiger partial charge in [0.05, 0.1) is 0 Å². The van der Waals surface area contributed by atoms with E-state index in [0.29, 0.717) is 6.42 Å². The summed E-state index contributed by atoms with van der Waals surface area (Å²) in [4.78, 5) is 20.5. The van der Waals surface area contributed by atoms with Gasteiger partial charge in [-0.1, -0.05) is 41.0 Å². The van der Waals surface area contributed by atoms with Gasteiger partial charge in [0.15, 0.2) is 0 Å². The van der Waals surface area contributed by atoms with Gasteiger partial charge in [-0.05, 0) is 6.42 Å². The van der Waals surface area contributed by atoms with Crippen molar-refractivity contribution in [2.45, 2.75) is 51.3 Å². The fourth-order valence-corrected chi connectivity index (χ4v) is 1.50. The maximum Gasteiger partial charge on any atom is 0.150 e. The highest BCUT2D eigenvalue weighted by Crippen LogP contribution is 2.23. The third-order valence-corrected chi connectivity index (χ3v) is 2.69. The van der Waals surface area contributed by atoms with E-state index in [2.05, 4.69) is 6.92 Å². The second-order valence-corrected chi connectivity index (χ2v) is 4.34. The molecule has 3 nitrogen and oxygen atoms in total. The number of aliphatic hydroxyl groups is 1. The topological polar surface area (TPSA) is 66.3 Å². The Kier molecular flexibility index (Phi) is 8.14. The zero-order valence-electron chi connectivity index (χ0n) is 7.58. The lowest BCUT2D eigenvalue weighted by Gasteiger charge is -2.22. The Hall–Kier alpha value is 0.310. The summed E-state index contributed by atoms with van der Waals surface area (Å²) in [7, 11) is -2.95. The van der Waals surface area contributed by atoms with Gasteiger partial charge in [-0.3, -0.25) is 0 Å². The zero-order chi connectivity index (χ0) is 9.40. The Labute approximate surface area is 75.3 Å². The van der Waals surface area contributed by atoms with E-state index in [9.17, 15) is 9.79 Å². The normalized spacial score (nSPS) is 13.8. The lowest BCUT2D eigenvalue weighted by molar-refractivity contribution is -0.300. The summed E-state index contributed by atoms with van der Waals surface area (Å²) >= 11 is 0. The molecule has 0 amide bonds. The molecule has 1 atom stereocenters. The average Bonchev–Trinajstić information content (AvgIpc) is 2.03. The van der Waals surface area contributed by atoms with Crippen LogP contribution in [0.5, 0.6) is 0 Å². The molecule has 0 heterocycles. The van der Waals surface area contributed by atoms with Crippen LogP contribution in [0, 0.1) is 0 Å². The van der Waals surface area contributed by atoms with Gasteiger partial charge in [-0.2, -0.15) is 0 Å². The van der Waals surface area contributed by atoms with Gasteiger partial charge in [0.1, 0.15) is 5.85 Å². The molecule has 74 valence electrons. The second kappa shape index (κ2) is 7.93. The molecule has 0 aromatic rings. The highest BCUT2D eigenvalue weighted by Gasteiger charge is 2.05. The van der Waals surface area contributed by atoms with Crippen molar-refractivity contribution in [3.63, 3.8) is 0 Å². The first-order chi connectivity index (χ1) is 5.68. The molecular formula is C8H18O3P-. The molecule has 12 heavy (non-hydrogen) atoms. The van der Waals surface area contributed by atoms with Crippen molar-refractivity contribution in [3.05, 3.63) is 0 Å². The monoisotopic (exact) mass is 193 g/mol. The molecule has 0 rings (SSSR count). The van der Waals surface area contributed by atoms with Gasteiger partial charge in [0.25, 0.3) is 0 Å². The predicted molar refractivity (Wildman–Crippen MR) is 47.7 cm³/mol. The molecule has 0 spiro atoms. The third-order valence-electron chi connectivity index (χ3n) is 1.85. The van der Waals surface area contributed by atoms with Gasteiger partial charge >= 0.3 is 0 Å². The molecule has 1 N–H and O–H groups in total. The number of hydrogen-bond donors (Lipinski definition) is 1. The van der Waals surface area contributed by atoms with Gasteiger partial charge in [-0.25, -0.2) is 0 Å². The Morgan fingerprint density at radius 1 is 1.17 bits per heavy atom. The molecule has 0 aromatic carbocycles. The van der Waals surface area contributed by atoms with E-state index in [0.717, 1.165) is 19.3 Å². The summed E-state index contributed by atoms with van der Waals surface area (Å²) in [5, 5.41) is 8.90. The maximum atomic E-state index is 10.2. The molecule has 0 aliphatic rings. The summed E-state index contributed by atoms with van der Waals surface area (Å²) in [6.07, 6.45) is 5.78. The van der Waals surface area contributed by atoms with Crippen molar-refractivity contribution >= 4 is 8.38 Å². The van der Waals surface area contributed by atoms with E-state index in [1.165, 1.54) is 12.8 Å². The Morgan fingerprint density at radius 3 is 2.25 bits per heavy atom. The van der Waals surface area contributed by atoms with Gasteiger partial charge < -0.3 is 14.9 Å². The third kappa shape index (κ3) is 6.99. The highest BCUT2D eigenvalue weighted by molar-refractivity contribution is 7.42. The largest absolute Gasteiger partial charge is 0.683 e. The average molecular weight is 193 g/mol. The zero-order valence-corrected chi connectivity index (χ0v) is 8.58. The van der Waals surface area contributed by atoms with Crippen LogP contribution in [-0.2, 0) is 0 Å². The van der Waals surface area contributed by atoms with E-state index in [4.69, 9.17) is 5.11 Å². The van der Waals surface area contributed by atoms with Gasteiger partial charge in [0, 0.05) is 6.42 Å². The smallest absolute Gasteiger partial charge is 0.150 e. The van der Waals surface area contributed by atoms with Crippen LogP contribution in [0.25, 0.3) is 0 Å². The Bertz CT molecular complexity index is 98.3. The number of aliphatic hydroxyl groups excluding tert-OH is 1. The first-order valence-electron chi connectivity index (χ1n) is 4.57. The molecule has 0 saturated heterocycles. The summed E-state index contributed by atoms with van der Waals surface area (Å²) in [6.45, 7) is 2.13. The second-order valence-electron chi connectivity index (χ2n) is 3.04. The number of hydrogen-bond acceptors (Lipinski definition) is 3. The van der Waals surface area contributed by atoms with Crippen molar-refractivity contribution in [3.8, 4) is 0 Å². The molecule has 0 saturated carbocycles. The highest BCUT2D eigenvalue weighted by atomic mass is 31.2. The Balaban J connectivity index is 3.08. The molecular weight excluding hydrogens is 175 g/mol. The van der Waals surface area contributed by atoms with Crippen LogP contribution in [0.2, 0.25) is 0 Å². The lowest BCUT2D eigenvalue weighted by Crippen LogP contribution is -2.20. The summed E-state index contributed by atoms with van der Waals surface area (Å²) in [5.41, 5.74) is 0. The number of rotatable bonds is 7. The van der Waals surface area contributed by atoms with Crippen LogP contribution in [0.15, 0.2) is 0 Å². The van der Waals surface area contributed by atoms with Crippen LogP contribution in [0.3, 0.4) is 0 Å². The molecule has 0 fully saturated rings. The summed E-state index contributed by atoms with van der Waals surface area (Å²) < 4.78 is 0. The standard InChI is InChI=1S/C8H18O3P/c1-2-3-4-5-6-7-8(9)12(10)11/h8-9,12H,2-7H2,1H3/q-1. The number of unbranched alkanes of at least 4 members (excludes halogenated alkanes) is 4. The molecule has 4 heteroatoms. The van der Waals surface area contributed by atoms with Crippen LogP contribution < -0.4 is 9.79 Å². The maximum absolute atomic E-state index is 10.2. The van der Waals surface area contributed by atoms with Crippen LogP contribution in [0.1, 0.15) is 45.4 Å². The van der Waals surface area contributed by atoms with E-state index >= 15 is 0 Å². The minimum Gasteiger partial charge on any atom is -0.683 e. The van der Waals surface area contributed by atoms with Crippen LogP contribution >= 0.6 is 8.38 Å². The molecule has 0 aliphatic carbocycles. The lowest BCUT2D eigenvalue weighted by atomic mass is 10.1. The van der Waals surface area contributed by atoms with E-state index in [-0.39, 0.29) is 0 Å². The van der Waals surface area contributed by atoms with Crippen molar-refractivity contribution in [1.29, 1.82) is 0 Å². The molecule has 0 bridgehead atoms. The first kappa shape index (κ1) is 12.3. The van der Waals surface area contributed by atoms with Crippen molar-refractivity contribution in [1.82, 2.24) is 0 Å². The van der Waals surface area contributed by atoms with Crippen molar-refractivity contribution in [2.24, 2.45) is 0 Å². The van der Waals surface area contributed by atoms with E-state index in [1.807, 2.05) is 0 Å². The van der Waals surface area contributed by atoms with E-state index < -0.39 is 14.2 Å². The minimum atomic E-state index is -2.95. The fourth-order valence-electron chi connectivity index (χ4n) is 1.06.